The summed E-state index contributed by atoms with van der Waals surface area (Å²) >= 11 is 0. The molecule has 0 unspecified atom stereocenters. The number of ether oxygens (including phenoxy) is 1. The van der Waals surface area contributed by atoms with Crippen LogP contribution in [0.3, 0.4) is 0 Å². The van der Waals surface area contributed by atoms with Crippen molar-refractivity contribution in [2.24, 2.45) is 0 Å². The average Bonchev–Trinajstić information content (AvgIpc) is 2.93. The lowest BCUT2D eigenvalue weighted by Crippen LogP contribution is -2.34. The summed E-state index contributed by atoms with van der Waals surface area (Å²) in [5, 5.41) is 12.2. The first-order valence-corrected chi connectivity index (χ1v) is 7.54. The Kier molecular flexibility index (Phi) is 4.11. The van der Waals surface area contributed by atoms with E-state index in [1.54, 1.807) is 45.0 Å². The predicted octanol–water partition coefficient (Wildman–Crippen LogP) is 2.14. The number of fused-ring (bicyclic) bond motifs is 1. The highest BCUT2D eigenvalue weighted by Crippen LogP contribution is 2.32. The molecule has 3 N–H and O–H groups in total. The molecule has 8 nitrogen and oxygen atoms in total. The number of anilines is 3. The average molecular weight is 330 g/mol. The fourth-order valence-corrected chi connectivity index (χ4v) is 2.27. The second-order valence-electron chi connectivity index (χ2n) is 5.65. The number of benzene rings is 1. The third kappa shape index (κ3) is 3.32. The molecule has 2 atom stereocenters. The summed E-state index contributed by atoms with van der Waals surface area (Å²) in [4.78, 5) is 23.8. The molecule has 0 saturated carbocycles. The molecule has 2 amide bonds. The van der Waals surface area contributed by atoms with Crippen LogP contribution in [0.15, 0.2) is 28.8 Å². The maximum absolute atomic E-state index is 12.2. The van der Waals surface area contributed by atoms with Gasteiger partial charge in [-0.15, -0.1) is 0 Å². The van der Waals surface area contributed by atoms with Gasteiger partial charge in [0.05, 0.1) is 11.4 Å². The summed E-state index contributed by atoms with van der Waals surface area (Å²) in [6, 6.07) is 6.37. The van der Waals surface area contributed by atoms with Crippen LogP contribution in [0.5, 0.6) is 5.75 Å². The van der Waals surface area contributed by atoms with Crippen molar-refractivity contribution in [3.8, 4) is 5.75 Å². The summed E-state index contributed by atoms with van der Waals surface area (Å²) in [6.07, 6.45) is -0.522. The molecule has 126 valence electrons. The molecule has 0 bridgehead atoms. The second kappa shape index (κ2) is 6.23. The van der Waals surface area contributed by atoms with Crippen LogP contribution in [0, 0.1) is 6.92 Å². The van der Waals surface area contributed by atoms with Crippen molar-refractivity contribution in [3.05, 3.63) is 30.0 Å². The summed E-state index contributed by atoms with van der Waals surface area (Å²) < 4.78 is 10.5. The molecule has 0 radical (unpaired) electrons. The van der Waals surface area contributed by atoms with Gasteiger partial charge in [-0.05, 0) is 39.0 Å². The van der Waals surface area contributed by atoms with Gasteiger partial charge in [0.2, 0.25) is 11.8 Å². The predicted molar refractivity (Wildman–Crippen MR) is 88.1 cm³/mol. The Bertz CT molecular complexity index is 786. The molecule has 2 aromatic rings. The zero-order valence-corrected chi connectivity index (χ0v) is 13.5. The summed E-state index contributed by atoms with van der Waals surface area (Å²) in [5.74, 6) is 0.428. The molecule has 1 aliphatic heterocycles. The number of hydrogen-bond donors (Lipinski definition) is 3. The van der Waals surface area contributed by atoms with Gasteiger partial charge in [0.25, 0.3) is 5.91 Å². The Hall–Kier alpha value is -3.03. The monoisotopic (exact) mass is 330 g/mol. The minimum Gasteiger partial charge on any atom is -0.479 e. The fraction of sp³-hybridized carbons (Fsp3) is 0.312. The third-order valence-electron chi connectivity index (χ3n) is 3.56. The lowest BCUT2D eigenvalue weighted by Gasteiger charge is -2.24. The Balaban J connectivity index is 1.66. The van der Waals surface area contributed by atoms with Crippen LogP contribution in [0.2, 0.25) is 0 Å². The Morgan fingerprint density at radius 2 is 2.17 bits per heavy atom. The lowest BCUT2D eigenvalue weighted by atomic mass is 10.2. The van der Waals surface area contributed by atoms with E-state index in [0.29, 0.717) is 28.7 Å². The van der Waals surface area contributed by atoms with E-state index in [2.05, 4.69) is 21.1 Å². The molecule has 1 aromatic heterocycles. The first kappa shape index (κ1) is 15.9. The Morgan fingerprint density at radius 3 is 2.88 bits per heavy atom. The van der Waals surface area contributed by atoms with Gasteiger partial charge in [-0.1, -0.05) is 5.16 Å². The van der Waals surface area contributed by atoms with Crippen LogP contribution in [0.25, 0.3) is 0 Å². The van der Waals surface area contributed by atoms with Crippen molar-refractivity contribution < 1.29 is 18.8 Å². The SMILES string of the molecule is Cc1cc(NC(=O)[C@H](C)Nc2ccc3c(c2)NC(=O)[C@H](C)O3)on1. The molecular weight excluding hydrogens is 312 g/mol. The van der Waals surface area contributed by atoms with Crippen LogP contribution in [-0.4, -0.2) is 29.1 Å². The maximum atomic E-state index is 12.2. The van der Waals surface area contributed by atoms with E-state index in [-0.39, 0.29) is 11.8 Å². The molecule has 3 rings (SSSR count). The van der Waals surface area contributed by atoms with Crippen LogP contribution < -0.4 is 20.7 Å². The first-order chi connectivity index (χ1) is 11.4. The smallest absolute Gasteiger partial charge is 0.265 e. The number of aromatic nitrogens is 1. The highest BCUT2D eigenvalue weighted by molar-refractivity contribution is 5.98. The molecular formula is C16H18N4O4. The number of carbonyl (C=O) groups is 2. The molecule has 0 fully saturated rings. The zero-order valence-electron chi connectivity index (χ0n) is 13.5. The first-order valence-electron chi connectivity index (χ1n) is 7.54. The minimum absolute atomic E-state index is 0.203. The van der Waals surface area contributed by atoms with Crippen LogP contribution in [0.1, 0.15) is 19.5 Å². The van der Waals surface area contributed by atoms with Crippen molar-refractivity contribution in [2.75, 3.05) is 16.0 Å². The summed E-state index contributed by atoms with van der Waals surface area (Å²) in [6.45, 7) is 5.17. The van der Waals surface area contributed by atoms with Gasteiger partial charge < -0.3 is 19.9 Å². The van der Waals surface area contributed by atoms with Gasteiger partial charge in [0.1, 0.15) is 11.8 Å². The molecule has 1 aliphatic rings. The van der Waals surface area contributed by atoms with Crippen LogP contribution in [-0.2, 0) is 9.59 Å². The fourth-order valence-electron chi connectivity index (χ4n) is 2.27. The van der Waals surface area contributed by atoms with Crippen molar-refractivity contribution in [1.82, 2.24) is 5.16 Å². The maximum Gasteiger partial charge on any atom is 0.265 e. The molecule has 24 heavy (non-hydrogen) atoms. The molecule has 0 spiro atoms. The molecule has 8 heteroatoms. The van der Waals surface area contributed by atoms with E-state index in [9.17, 15) is 9.59 Å². The number of nitrogens with zero attached hydrogens (tertiary/aromatic N) is 1. The second-order valence-corrected chi connectivity index (χ2v) is 5.65. The van der Waals surface area contributed by atoms with Crippen molar-refractivity contribution >= 4 is 29.1 Å². The van der Waals surface area contributed by atoms with Gasteiger partial charge in [-0.3, -0.25) is 14.9 Å². The van der Waals surface area contributed by atoms with Crippen LogP contribution >= 0.6 is 0 Å². The van der Waals surface area contributed by atoms with Crippen molar-refractivity contribution in [3.63, 3.8) is 0 Å². The van der Waals surface area contributed by atoms with Gasteiger partial charge in [-0.25, -0.2) is 0 Å². The van der Waals surface area contributed by atoms with E-state index >= 15 is 0 Å². The Labute approximate surface area is 138 Å². The summed E-state index contributed by atoms with van der Waals surface area (Å²) in [5.41, 5.74) is 1.94. The van der Waals surface area contributed by atoms with Crippen molar-refractivity contribution in [1.29, 1.82) is 0 Å². The number of rotatable bonds is 4. The number of aryl methyl sites for hydroxylation is 1. The standard InChI is InChI=1S/C16H18N4O4/c1-8-6-14(24-20-8)19-15(21)9(2)17-11-4-5-13-12(7-11)18-16(22)10(3)23-13/h4-7,9-10,17H,1-3H3,(H,18,22)(H,19,21)/t9-,10-/m0/s1. The minimum atomic E-state index is -0.522. The number of nitrogens with one attached hydrogen (secondary N) is 3. The quantitative estimate of drug-likeness (QED) is 0.793. The zero-order chi connectivity index (χ0) is 17.3. The highest BCUT2D eigenvalue weighted by Gasteiger charge is 2.24. The molecule has 1 aromatic carbocycles. The van der Waals surface area contributed by atoms with Gasteiger partial charge in [0.15, 0.2) is 6.10 Å². The number of hydrogen-bond acceptors (Lipinski definition) is 6. The van der Waals surface area contributed by atoms with E-state index in [4.69, 9.17) is 9.26 Å². The van der Waals surface area contributed by atoms with E-state index in [1.165, 1.54) is 0 Å². The topological polar surface area (TPSA) is 105 Å². The highest BCUT2D eigenvalue weighted by atomic mass is 16.5. The van der Waals surface area contributed by atoms with Gasteiger partial charge >= 0.3 is 0 Å². The Morgan fingerprint density at radius 1 is 1.38 bits per heavy atom. The normalized spacial score (nSPS) is 17.3. The van der Waals surface area contributed by atoms with E-state index < -0.39 is 12.1 Å². The van der Waals surface area contributed by atoms with E-state index in [0.717, 1.165) is 0 Å². The third-order valence-corrected chi connectivity index (χ3v) is 3.56. The molecule has 0 saturated heterocycles. The number of carbonyl (C=O) groups excluding carboxylic acids is 2. The van der Waals surface area contributed by atoms with Crippen LogP contribution in [0.4, 0.5) is 17.3 Å². The van der Waals surface area contributed by atoms with Gasteiger partial charge in [0, 0.05) is 11.8 Å². The molecule has 0 aliphatic carbocycles. The van der Waals surface area contributed by atoms with Crippen molar-refractivity contribution in [2.45, 2.75) is 32.9 Å². The largest absolute Gasteiger partial charge is 0.479 e. The van der Waals surface area contributed by atoms with Gasteiger partial charge in [-0.2, -0.15) is 0 Å². The molecule has 2 heterocycles. The number of amides is 2. The lowest BCUT2D eigenvalue weighted by molar-refractivity contribution is -0.122. The summed E-state index contributed by atoms with van der Waals surface area (Å²) in [7, 11) is 0. The van der Waals surface area contributed by atoms with E-state index in [1.807, 2.05) is 0 Å².